The third-order valence-corrected chi connectivity index (χ3v) is 16.8. The summed E-state index contributed by atoms with van der Waals surface area (Å²) in [7, 11) is 0. The Kier molecular flexibility index (Phi) is 12.2. The van der Waals surface area contributed by atoms with Crippen molar-refractivity contribution in [2.24, 2.45) is 52.3 Å². The van der Waals surface area contributed by atoms with E-state index < -0.39 is 53.7 Å². The molecule has 0 aromatic heterocycles. The summed E-state index contributed by atoms with van der Waals surface area (Å²) in [6, 6.07) is 0. The highest BCUT2D eigenvalue weighted by Crippen LogP contribution is 2.73. The van der Waals surface area contributed by atoms with Crippen LogP contribution in [0.25, 0.3) is 0 Å². The first-order valence-electron chi connectivity index (χ1n) is 23.3. The van der Waals surface area contributed by atoms with Crippen molar-refractivity contribution in [3.63, 3.8) is 0 Å². The minimum atomic E-state index is -1.10. The highest BCUT2D eigenvalue weighted by atomic mass is 16.6. The van der Waals surface area contributed by atoms with Gasteiger partial charge in [-0.05, 0) is 124 Å². The lowest BCUT2D eigenvalue weighted by atomic mass is 9.48. The maximum Gasteiger partial charge on any atom is 0.311 e. The maximum atomic E-state index is 13.7. The Morgan fingerprint density at radius 3 is 2.51 bits per heavy atom. The molecule has 2 heterocycles. The Morgan fingerprint density at radius 1 is 0.967 bits per heavy atom. The van der Waals surface area contributed by atoms with Crippen LogP contribution in [0, 0.1) is 52.3 Å². The van der Waals surface area contributed by atoms with Crippen LogP contribution in [0.4, 0.5) is 0 Å². The predicted octanol–water partition coefficient (Wildman–Crippen LogP) is 6.83. The van der Waals surface area contributed by atoms with Crippen molar-refractivity contribution in [2.75, 3.05) is 6.61 Å². The second kappa shape index (κ2) is 16.7. The second-order valence-corrected chi connectivity index (χ2v) is 20.9. The van der Waals surface area contributed by atoms with Crippen LogP contribution in [0.2, 0.25) is 0 Å². The molecular weight excluding hydrogens is 781 g/mol. The average molecular weight is 849 g/mol. The van der Waals surface area contributed by atoms with Crippen LogP contribution in [-0.2, 0) is 47.7 Å². The molecule has 1 spiro atoms. The second-order valence-electron chi connectivity index (χ2n) is 20.9. The number of aliphatic hydroxyl groups is 2. The van der Waals surface area contributed by atoms with Crippen LogP contribution < -0.4 is 0 Å². The van der Waals surface area contributed by atoms with Gasteiger partial charge in [0, 0.05) is 31.6 Å². The van der Waals surface area contributed by atoms with Gasteiger partial charge in [-0.1, -0.05) is 51.5 Å². The molecule has 2 N–H and O–H groups in total. The van der Waals surface area contributed by atoms with E-state index in [1.807, 2.05) is 20.8 Å². The molecule has 5 fully saturated rings. The van der Waals surface area contributed by atoms with Crippen molar-refractivity contribution in [3.8, 4) is 0 Å². The molecule has 6 aliphatic carbocycles. The molecule has 0 aromatic carbocycles. The van der Waals surface area contributed by atoms with Crippen molar-refractivity contribution < 1.29 is 57.9 Å². The van der Waals surface area contributed by atoms with E-state index in [0.717, 1.165) is 44.1 Å². The monoisotopic (exact) mass is 848 g/mol. The smallest absolute Gasteiger partial charge is 0.311 e. The number of aliphatic hydroxyl groups excluding tert-OH is 2. The van der Waals surface area contributed by atoms with Gasteiger partial charge in [-0.2, -0.15) is 0 Å². The Balaban J connectivity index is 0.798. The molecule has 3 saturated carbocycles. The summed E-state index contributed by atoms with van der Waals surface area (Å²) < 4.78 is 29.7. The van der Waals surface area contributed by atoms with Gasteiger partial charge in [-0.15, -0.1) is 0 Å². The predicted molar refractivity (Wildman–Crippen MR) is 222 cm³/mol. The number of hydrogen-bond donors (Lipinski definition) is 2. The summed E-state index contributed by atoms with van der Waals surface area (Å²) in [5.41, 5.74) is -0.258. The van der Waals surface area contributed by atoms with Gasteiger partial charge < -0.3 is 33.9 Å². The third kappa shape index (κ3) is 8.14. The lowest BCUT2D eigenvalue weighted by Gasteiger charge is -2.56. The van der Waals surface area contributed by atoms with Crippen molar-refractivity contribution in [2.45, 2.75) is 180 Å². The minimum absolute atomic E-state index is 0.0134. The lowest BCUT2D eigenvalue weighted by molar-refractivity contribution is -0.203. The number of allylic oxidation sites excluding steroid dienone is 4. The van der Waals surface area contributed by atoms with Gasteiger partial charge in [0.05, 0.1) is 30.5 Å². The summed E-state index contributed by atoms with van der Waals surface area (Å²) in [6.07, 6.45) is 13.1. The van der Waals surface area contributed by atoms with E-state index in [1.165, 1.54) is 5.57 Å². The van der Waals surface area contributed by atoms with E-state index in [1.54, 1.807) is 6.08 Å². The zero-order valence-corrected chi connectivity index (χ0v) is 37.0. The normalized spacial score (nSPS) is 42.3. The van der Waals surface area contributed by atoms with Gasteiger partial charge in [0.1, 0.15) is 17.8 Å². The number of hydrogen-bond acceptors (Lipinski definition) is 12. The molecule has 1 unspecified atom stereocenters. The van der Waals surface area contributed by atoms with Crippen LogP contribution in [0.5, 0.6) is 0 Å². The van der Waals surface area contributed by atoms with Crippen molar-refractivity contribution >= 4 is 29.5 Å². The topological polar surface area (TPSA) is 175 Å². The van der Waals surface area contributed by atoms with E-state index in [9.17, 15) is 34.2 Å². The Hall–Kier alpha value is -3.19. The van der Waals surface area contributed by atoms with Gasteiger partial charge in [-0.3, -0.25) is 24.0 Å². The molecule has 12 heteroatoms. The molecule has 336 valence electrons. The summed E-state index contributed by atoms with van der Waals surface area (Å²) in [5, 5.41) is 22.3. The Morgan fingerprint density at radius 2 is 1.74 bits per heavy atom. The molecule has 0 amide bonds. The quantitative estimate of drug-likeness (QED) is 0.113. The first kappa shape index (κ1) is 44.4. The molecule has 8 rings (SSSR count). The van der Waals surface area contributed by atoms with Crippen molar-refractivity contribution in [1.82, 2.24) is 0 Å². The number of fused-ring (bicyclic) bond motifs is 5. The van der Waals surface area contributed by atoms with E-state index in [-0.39, 0.29) is 95.8 Å². The van der Waals surface area contributed by atoms with Crippen LogP contribution in [-0.4, -0.2) is 88.2 Å². The van der Waals surface area contributed by atoms with Crippen LogP contribution in [0.15, 0.2) is 35.5 Å². The molecule has 15 atom stereocenters. The number of epoxide rings is 1. The number of ether oxygens (including phenoxy) is 5. The molecule has 0 radical (unpaired) electrons. The maximum absolute atomic E-state index is 13.7. The molecule has 2 saturated heterocycles. The summed E-state index contributed by atoms with van der Waals surface area (Å²) >= 11 is 0. The van der Waals surface area contributed by atoms with Gasteiger partial charge in [0.2, 0.25) is 5.78 Å². The number of ketones is 2. The van der Waals surface area contributed by atoms with E-state index in [0.29, 0.717) is 38.5 Å². The van der Waals surface area contributed by atoms with Crippen LogP contribution >= 0.6 is 0 Å². The lowest BCUT2D eigenvalue weighted by Crippen LogP contribution is -2.57. The fourth-order valence-electron chi connectivity index (χ4n) is 13.2. The third-order valence-electron chi connectivity index (χ3n) is 16.8. The minimum Gasteiger partial charge on any atom is -0.462 e. The zero-order valence-electron chi connectivity index (χ0n) is 37.0. The van der Waals surface area contributed by atoms with Crippen LogP contribution in [0.1, 0.15) is 138 Å². The first-order chi connectivity index (χ1) is 28.9. The molecule has 2 aliphatic heterocycles. The summed E-state index contributed by atoms with van der Waals surface area (Å²) in [4.78, 5) is 65.0. The van der Waals surface area contributed by atoms with Crippen molar-refractivity contribution in [3.05, 3.63) is 35.5 Å². The summed E-state index contributed by atoms with van der Waals surface area (Å²) in [5.74, 6) is -0.484. The van der Waals surface area contributed by atoms with Gasteiger partial charge in [0.25, 0.3) is 0 Å². The molecule has 61 heavy (non-hydrogen) atoms. The largest absolute Gasteiger partial charge is 0.462 e. The SMILES string of the molecule is CCC(C)(C)C(=O)O[C@@H]1C[C@H](C)C=C2C=C[C@@H](C)[C@@H](CC[C@@H]3C[C@H](OC(=O)CCC(=O)OCC(=O)[C@@]45CC[C@H]6[C@@H]7CCC8=CC(=O)CC[C@]8(C)[C@H]7[C@@H](O)C[C@@]64O5)CC(O)O3)[C@@H]21. The standard InChI is InChI=1S/C49H68O12/c1-7-46(4,5)45(56)60-38-21-27(2)20-29-9-8-28(3)34(43(29)38)13-11-32-23-33(24-42(55)58-32)59-41(54)15-14-40(53)57-26-39(52)48-19-17-36-35-12-10-30-22-31(50)16-18-47(30,6)44(35)37(51)25-49(36,48)61-48/h8-9,20,22,27-28,32-38,42-44,51,55H,7,10-19,21,23-26H2,1-6H3/t27-,28-,32-,33+,34-,35+,36+,37+,38-,42?,43-,44-,47+,48+,49-/m1/s1. The fraction of sp³-hybridized carbons (Fsp3) is 0.776. The highest BCUT2D eigenvalue weighted by molar-refractivity contribution is 5.95. The molecular formula is C49H68O12. The van der Waals surface area contributed by atoms with E-state index in [2.05, 4.69) is 39.0 Å². The van der Waals surface area contributed by atoms with Crippen LogP contribution in [0.3, 0.4) is 0 Å². The van der Waals surface area contributed by atoms with Gasteiger partial charge in [0.15, 0.2) is 24.3 Å². The number of Topliss-reactive ketones (excluding diaryl/α,β-unsaturated/α-hetero) is 1. The molecule has 8 aliphatic rings. The summed E-state index contributed by atoms with van der Waals surface area (Å²) in [6.45, 7) is 11.9. The zero-order chi connectivity index (χ0) is 43.6. The van der Waals surface area contributed by atoms with Gasteiger partial charge >= 0.3 is 17.9 Å². The highest BCUT2D eigenvalue weighted by Gasteiger charge is 2.83. The van der Waals surface area contributed by atoms with E-state index in [4.69, 9.17) is 23.7 Å². The molecule has 0 aromatic rings. The molecule has 0 bridgehead atoms. The average Bonchev–Trinajstić information content (AvgIpc) is 3.73. The molecule has 12 nitrogen and oxygen atoms in total. The first-order valence-corrected chi connectivity index (χ1v) is 23.3. The number of carbonyl (C=O) groups is 5. The number of rotatable bonds is 13. The van der Waals surface area contributed by atoms with E-state index >= 15 is 0 Å². The number of carbonyl (C=O) groups excluding carboxylic acids is 5. The number of esters is 3. The fourth-order valence-corrected chi connectivity index (χ4v) is 13.2. The Labute approximate surface area is 360 Å². The van der Waals surface area contributed by atoms with Gasteiger partial charge in [-0.25, -0.2) is 0 Å². The Bertz CT molecular complexity index is 1860. The van der Waals surface area contributed by atoms with Crippen molar-refractivity contribution in [1.29, 1.82) is 0 Å².